The molecular weight excluding hydrogens is 552 g/mol. The number of aromatic nitrogens is 1. The van der Waals surface area contributed by atoms with Crippen LogP contribution < -0.4 is 33.2 Å². The van der Waals surface area contributed by atoms with Crippen molar-refractivity contribution in [1.82, 2.24) is 20.9 Å². The lowest BCUT2D eigenvalue weighted by Crippen LogP contribution is -2.58. The molecule has 0 aliphatic heterocycles. The topological polar surface area (TPSA) is 251 Å². The zero-order valence-electron chi connectivity index (χ0n) is 23.1. The van der Waals surface area contributed by atoms with Gasteiger partial charge in [0.25, 0.3) is 0 Å². The minimum Gasteiger partial charge on any atom is -0.480 e. The molecule has 0 radical (unpaired) electrons. The van der Waals surface area contributed by atoms with Crippen molar-refractivity contribution in [3.63, 3.8) is 0 Å². The number of carboxylic acids is 1. The van der Waals surface area contributed by atoms with Crippen molar-refractivity contribution in [3.05, 3.63) is 36.0 Å². The molecule has 1 heterocycles. The summed E-state index contributed by atoms with van der Waals surface area (Å²) in [6, 6.07) is 2.64. The van der Waals surface area contributed by atoms with Crippen LogP contribution in [0.3, 0.4) is 0 Å². The Labute approximate surface area is 242 Å². The maximum Gasteiger partial charge on any atom is 0.326 e. The lowest BCUT2D eigenvalue weighted by molar-refractivity contribution is -0.142. The summed E-state index contributed by atoms with van der Waals surface area (Å²) in [5.74, 6) is -2.98. The summed E-state index contributed by atoms with van der Waals surface area (Å²) in [5.41, 5.74) is 18.1. The number of carboxylic acid groups (broad SMARTS) is 1. The number of nitrogens with one attached hydrogen (secondary N) is 4. The number of carbonyl (C=O) groups excluding carboxylic acids is 3. The number of guanidine groups is 1. The molecule has 2 aromatic rings. The van der Waals surface area contributed by atoms with E-state index in [2.05, 4.69) is 25.9 Å². The molecular formula is C26H40N8O6S. The van der Waals surface area contributed by atoms with Crippen LogP contribution >= 0.6 is 11.8 Å². The first-order chi connectivity index (χ1) is 19.4. The smallest absolute Gasteiger partial charge is 0.326 e. The Bertz CT molecular complexity index is 1220. The van der Waals surface area contributed by atoms with Gasteiger partial charge in [-0.15, -0.1) is 0 Å². The van der Waals surface area contributed by atoms with Crippen LogP contribution in [0.25, 0.3) is 10.9 Å². The van der Waals surface area contributed by atoms with E-state index in [-0.39, 0.29) is 31.8 Å². The number of nitrogens with two attached hydrogens (primary N) is 3. The molecule has 0 saturated heterocycles. The number of rotatable bonds is 17. The van der Waals surface area contributed by atoms with Crippen LogP contribution in [0.4, 0.5) is 0 Å². The summed E-state index contributed by atoms with van der Waals surface area (Å²) < 4.78 is 0. The summed E-state index contributed by atoms with van der Waals surface area (Å²) in [4.78, 5) is 58.2. The van der Waals surface area contributed by atoms with Crippen LogP contribution in [0, 0.1) is 0 Å². The fourth-order valence-corrected chi connectivity index (χ4v) is 4.50. The Hall–Kier alpha value is -3.82. The van der Waals surface area contributed by atoms with E-state index < -0.39 is 54.0 Å². The van der Waals surface area contributed by atoms with Crippen LogP contribution in [0.15, 0.2) is 35.5 Å². The van der Waals surface area contributed by atoms with Crippen molar-refractivity contribution < 1.29 is 29.4 Å². The molecule has 1 aromatic carbocycles. The second kappa shape index (κ2) is 16.4. The van der Waals surface area contributed by atoms with Crippen LogP contribution in [-0.4, -0.2) is 93.7 Å². The number of aliphatic hydroxyl groups excluding tert-OH is 1. The van der Waals surface area contributed by atoms with E-state index in [4.69, 9.17) is 17.2 Å². The van der Waals surface area contributed by atoms with E-state index >= 15 is 0 Å². The van der Waals surface area contributed by atoms with E-state index in [9.17, 15) is 29.4 Å². The van der Waals surface area contributed by atoms with Crippen molar-refractivity contribution in [2.75, 3.05) is 18.6 Å². The van der Waals surface area contributed by atoms with Crippen LogP contribution in [0.2, 0.25) is 0 Å². The minimum atomic E-state index is -1.29. The van der Waals surface area contributed by atoms with Crippen molar-refractivity contribution in [3.8, 4) is 0 Å². The Morgan fingerprint density at radius 1 is 1.00 bits per heavy atom. The molecule has 0 bridgehead atoms. The van der Waals surface area contributed by atoms with Gasteiger partial charge in [0.1, 0.15) is 24.2 Å². The van der Waals surface area contributed by atoms with Gasteiger partial charge < -0.3 is 48.3 Å². The van der Waals surface area contributed by atoms with E-state index in [1.54, 1.807) is 6.20 Å². The maximum absolute atomic E-state index is 13.6. The van der Waals surface area contributed by atoms with Gasteiger partial charge in [-0.2, -0.15) is 11.8 Å². The summed E-state index contributed by atoms with van der Waals surface area (Å²) in [6.07, 6.45) is 2.98. The quantitative estimate of drug-likeness (QED) is 0.0600. The number of fused-ring (bicyclic) bond motifs is 1. The molecule has 41 heavy (non-hydrogen) atoms. The van der Waals surface area contributed by atoms with Crippen molar-refractivity contribution in [2.45, 2.75) is 62.9 Å². The predicted molar refractivity (Wildman–Crippen MR) is 158 cm³/mol. The molecule has 12 N–H and O–H groups in total. The largest absolute Gasteiger partial charge is 0.480 e. The summed E-state index contributed by atoms with van der Waals surface area (Å²) in [6.45, 7) is 1.53. The monoisotopic (exact) mass is 592 g/mol. The standard InChI is InChI=1S/C26H40N8O6S/c1-14(35)21(27)24(38)34-20(12-15-13-31-17-7-4-3-6-16(15)17)23(37)32-18(8-5-10-30-26(28)29)22(36)33-19(25(39)40)9-11-41-2/h3-4,6-7,13-14,18-21,31,35H,5,8-12,27H2,1-2H3,(H,32,37)(H,33,36)(H,34,38)(H,39,40)(H4,28,29,30). The number of aromatic amines is 1. The van der Waals surface area contributed by atoms with Crippen molar-refractivity contribution >= 4 is 52.3 Å². The van der Waals surface area contributed by atoms with Gasteiger partial charge in [-0.1, -0.05) is 18.2 Å². The molecule has 0 aliphatic carbocycles. The minimum absolute atomic E-state index is 0.0436. The molecule has 0 aliphatic rings. The second-order valence-electron chi connectivity index (χ2n) is 9.58. The number of aliphatic imine (C=N–C) groups is 1. The zero-order valence-corrected chi connectivity index (χ0v) is 23.9. The fraction of sp³-hybridized carbons (Fsp3) is 0.500. The molecule has 5 atom stereocenters. The van der Waals surface area contributed by atoms with Crippen LogP contribution in [-0.2, 0) is 25.6 Å². The average molecular weight is 593 g/mol. The van der Waals surface area contributed by atoms with E-state index in [1.165, 1.54) is 18.7 Å². The number of nitrogens with zero attached hydrogens (tertiary/aromatic N) is 1. The lowest BCUT2D eigenvalue weighted by Gasteiger charge is -2.25. The van der Waals surface area contributed by atoms with Gasteiger partial charge in [-0.3, -0.25) is 19.4 Å². The lowest BCUT2D eigenvalue weighted by atomic mass is 10.0. The third kappa shape index (κ3) is 10.6. The Morgan fingerprint density at radius 2 is 1.63 bits per heavy atom. The van der Waals surface area contributed by atoms with Crippen LogP contribution in [0.5, 0.6) is 0 Å². The van der Waals surface area contributed by atoms with Crippen LogP contribution in [0.1, 0.15) is 31.7 Å². The predicted octanol–water partition coefficient (Wildman–Crippen LogP) is -1.24. The average Bonchev–Trinajstić information content (AvgIpc) is 3.33. The molecule has 0 spiro atoms. The Morgan fingerprint density at radius 3 is 2.27 bits per heavy atom. The number of benzene rings is 1. The normalized spacial score (nSPS) is 14.7. The summed E-state index contributed by atoms with van der Waals surface area (Å²) >= 11 is 1.44. The number of aliphatic hydroxyl groups is 1. The zero-order chi connectivity index (χ0) is 30.5. The number of H-pyrrole nitrogens is 1. The second-order valence-corrected chi connectivity index (χ2v) is 10.6. The van der Waals surface area contributed by atoms with Gasteiger partial charge in [0.05, 0.1) is 6.10 Å². The molecule has 0 saturated carbocycles. The number of hydrogen-bond acceptors (Lipinski definition) is 8. The van der Waals surface area contributed by atoms with Crippen molar-refractivity contribution in [2.24, 2.45) is 22.2 Å². The highest BCUT2D eigenvalue weighted by molar-refractivity contribution is 7.98. The maximum atomic E-state index is 13.6. The first-order valence-corrected chi connectivity index (χ1v) is 14.5. The number of hydrogen-bond donors (Lipinski definition) is 9. The van der Waals surface area contributed by atoms with Gasteiger partial charge in [-0.05, 0) is 49.8 Å². The first-order valence-electron chi connectivity index (χ1n) is 13.1. The number of amides is 3. The highest BCUT2D eigenvalue weighted by atomic mass is 32.2. The molecule has 5 unspecified atom stereocenters. The molecule has 3 amide bonds. The third-order valence-electron chi connectivity index (χ3n) is 6.36. The summed E-state index contributed by atoms with van der Waals surface area (Å²) in [7, 11) is 0. The highest BCUT2D eigenvalue weighted by Crippen LogP contribution is 2.19. The Balaban J connectivity index is 2.31. The molecule has 226 valence electrons. The molecule has 2 rings (SSSR count). The highest BCUT2D eigenvalue weighted by Gasteiger charge is 2.31. The number of para-hydroxylation sites is 1. The van der Waals surface area contributed by atoms with Gasteiger partial charge in [0.2, 0.25) is 17.7 Å². The summed E-state index contributed by atoms with van der Waals surface area (Å²) in [5, 5.41) is 27.9. The van der Waals surface area contributed by atoms with E-state index in [1.807, 2.05) is 30.5 Å². The fourth-order valence-electron chi connectivity index (χ4n) is 4.03. The number of aliphatic carboxylic acids is 1. The van der Waals surface area contributed by atoms with E-state index in [0.29, 0.717) is 12.2 Å². The van der Waals surface area contributed by atoms with Gasteiger partial charge in [-0.25, -0.2) is 4.79 Å². The number of thioether (sulfide) groups is 1. The van der Waals surface area contributed by atoms with Gasteiger partial charge in [0.15, 0.2) is 5.96 Å². The first kappa shape index (κ1) is 33.4. The van der Waals surface area contributed by atoms with Crippen molar-refractivity contribution in [1.29, 1.82) is 0 Å². The third-order valence-corrected chi connectivity index (χ3v) is 7.00. The van der Waals surface area contributed by atoms with Gasteiger partial charge in [0, 0.05) is 30.1 Å². The van der Waals surface area contributed by atoms with E-state index in [0.717, 1.165) is 16.5 Å². The van der Waals surface area contributed by atoms with Gasteiger partial charge >= 0.3 is 5.97 Å². The molecule has 0 fully saturated rings. The SMILES string of the molecule is CSCCC(NC(=O)C(CCCN=C(N)N)NC(=O)C(Cc1c[nH]c2ccccc12)NC(=O)C(N)C(C)O)C(=O)O. The molecule has 1 aromatic heterocycles. The Kier molecular flexibility index (Phi) is 13.4. The number of carbonyl (C=O) groups is 4. The molecule has 15 heteroatoms. The molecule has 14 nitrogen and oxygen atoms in total.